The van der Waals surface area contributed by atoms with Gasteiger partial charge in [0, 0.05) is 37.7 Å². The summed E-state index contributed by atoms with van der Waals surface area (Å²) in [7, 11) is 0. The topological polar surface area (TPSA) is 125 Å². The van der Waals surface area contributed by atoms with Crippen LogP contribution in [0.3, 0.4) is 0 Å². The first-order chi connectivity index (χ1) is 18.1. The third kappa shape index (κ3) is 5.82. The maximum Gasteiger partial charge on any atom is 0.225 e. The second kappa shape index (κ2) is 10.6. The standard InChI is InChI=1S/C27H32N8OS/c28-18-12-13-35(16-18)24-11-10-22-25(34-24)37-27(31-22)33-23-15-20(14-17-4-2-1-3-5-17)30-26(32-23)29-19-6-8-21(36)9-7-19/h1-5,10-11,15,18-19,21,36H,6-9,12-14,16,28H2,(H2,29,30,31,32,33)/t18-,19?,21?/m0/s1. The predicted octanol–water partition coefficient (Wildman–Crippen LogP) is 4.07. The van der Waals surface area contributed by atoms with Gasteiger partial charge in [0.1, 0.15) is 22.0 Å². The Balaban J connectivity index is 1.25. The molecule has 2 fully saturated rings. The van der Waals surface area contributed by atoms with E-state index in [0.29, 0.717) is 18.2 Å². The number of aromatic nitrogens is 4. The van der Waals surface area contributed by atoms with Crippen LogP contribution in [0.4, 0.5) is 22.7 Å². The largest absolute Gasteiger partial charge is 0.393 e. The van der Waals surface area contributed by atoms with Gasteiger partial charge < -0.3 is 26.4 Å². The van der Waals surface area contributed by atoms with Gasteiger partial charge in [0.15, 0.2) is 5.13 Å². The third-order valence-corrected chi connectivity index (χ3v) is 7.94. The van der Waals surface area contributed by atoms with Gasteiger partial charge in [-0.05, 0) is 49.8 Å². The fraction of sp³-hybridized carbons (Fsp3) is 0.407. The molecule has 0 bridgehead atoms. The van der Waals surface area contributed by atoms with Gasteiger partial charge in [-0.2, -0.15) is 4.98 Å². The number of hydrogen-bond acceptors (Lipinski definition) is 10. The smallest absolute Gasteiger partial charge is 0.225 e. The molecule has 1 saturated carbocycles. The molecule has 0 unspecified atom stereocenters. The van der Waals surface area contributed by atoms with Gasteiger partial charge in [-0.3, -0.25) is 0 Å². The number of benzene rings is 1. The molecule has 4 aromatic rings. The minimum absolute atomic E-state index is 0.198. The summed E-state index contributed by atoms with van der Waals surface area (Å²) in [5.74, 6) is 2.25. The molecule has 1 aliphatic heterocycles. The Hall–Kier alpha value is -3.34. The van der Waals surface area contributed by atoms with Crippen molar-refractivity contribution in [3.05, 3.63) is 59.8 Å². The highest BCUT2D eigenvalue weighted by atomic mass is 32.1. The van der Waals surface area contributed by atoms with E-state index in [2.05, 4.69) is 27.7 Å². The van der Waals surface area contributed by atoms with Crippen LogP contribution in [-0.2, 0) is 6.42 Å². The van der Waals surface area contributed by atoms with E-state index < -0.39 is 0 Å². The number of anilines is 4. The number of nitrogens with one attached hydrogen (secondary N) is 2. The highest BCUT2D eigenvalue weighted by Crippen LogP contribution is 2.30. The number of thiazole rings is 1. The van der Waals surface area contributed by atoms with Crippen LogP contribution in [0.5, 0.6) is 0 Å². The molecule has 0 radical (unpaired) electrons. The van der Waals surface area contributed by atoms with E-state index in [-0.39, 0.29) is 18.2 Å². The average Bonchev–Trinajstić information content (AvgIpc) is 3.51. The van der Waals surface area contributed by atoms with Gasteiger partial charge in [-0.25, -0.2) is 15.0 Å². The molecule has 0 amide bonds. The van der Waals surface area contributed by atoms with E-state index >= 15 is 0 Å². The number of pyridine rings is 1. The maximum atomic E-state index is 9.87. The highest BCUT2D eigenvalue weighted by Gasteiger charge is 2.22. The molecule has 37 heavy (non-hydrogen) atoms. The van der Waals surface area contributed by atoms with Crippen molar-refractivity contribution in [2.75, 3.05) is 28.6 Å². The van der Waals surface area contributed by atoms with Gasteiger partial charge in [0.2, 0.25) is 5.95 Å². The minimum atomic E-state index is -0.198. The van der Waals surface area contributed by atoms with Crippen molar-refractivity contribution in [2.24, 2.45) is 5.73 Å². The maximum absolute atomic E-state index is 9.87. The van der Waals surface area contributed by atoms with Crippen LogP contribution in [0.1, 0.15) is 43.4 Å². The summed E-state index contributed by atoms with van der Waals surface area (Å²) >= 11 is 1.52. The SMILES string of the molecule is N[C@H]1CCN(c2ccc3nc(Nc4cc(Cc5ccccc5)nc(NC5CCC(O)CC5)n4)sc3n2)C1. The first kappa shape index (κ1) is 24.0. The highest BCUT2D eigenvalue weighted by molar-refractivity contribution is 7.21. The van der Waals surface area contributed by atoms with Crippen LogP contribution < -0.4 is 21.3 Å². The predicted molar refractivity (Wildman–Crippen MR) is 149 cm³/mol. The van der Waals surface area contributed by atoms with Gasteiger partial charge >= 0.3 is 0 Å². The molecule has 10 heteroatoms. The van der Waals surface area contributed by atoms with Crippen LogP contribution in [-0.4, -0.2) is 56.3 Å². The zero-order valence-electron chi connectivity index (χ0n) is 20.7. The van der Waals surface area contributed by atoms with Crippen LogP contribution >= 0.6 is 11.3 Å². The van der Waals surface area contributed by atoms with Crippen molar-refractivity contribution in [1.82, 2.24) is 19.9 Å². The molecule has 1 atom stereocenters. The Labute approximate surface area is 220 Å². The van der Waals surface area contributed by atoms with Crippen molar-refractivity contribution < 1.29 is 5.11 Å². The second-order valence-corrected chi connectivity index (χ2v) is 11.0. The second-order valence-electron chi connectivity index (χ2n) is 10.0. The van der Waals surface area contributed by atoms with E-state index in [1.165, 1.54) is 16.9 Å². The number of fused-ring (bicyclic) bond motifs is 1. The lowest BCUT2D eigenvalue weighted by molar-refractivity contribution is 0.126. The van der Waals surface area contributed by atoms with Gasteiger partial charge in [-0.15, -0.1) is 0 Å². The molecule has 6 rings (SSSR count). The molecule has 4 heterocycles. The molecule has 1 saturated heterocycles. The number of nitrogens with two attached hydrogens (primary N) is 1. The number of aliphatic hydroxyl groups is 1. The van der Waals surface area contributed by atoms with Crippen LogP contribution in [0.15, 0.2) is 48.5 Å². The molecule has 1 aromatic carbocycles. The lowest BCUT2D eigenvalue weighted by atomic mass is 9.93. The Morgan fingerprint density at radius 1 is 0.973 bits per heavy atom. The summed E-state index contributed by atoms with van der Waals surface area (Å²) in [4.78, 5) is 22.3. The van der Waals surface area contributed by atoms with Crippen LogP contribution in [0.25, 0.3) is 10.3 Å². The van der Waals surface area contributed by atoms with Crippen molar-refractivity contribution in [2.45, 2.75) is 56.7 Å². The molecule has 3 aromatic heterocycles. The minimum Gasteiger partial charge on any atom is -0.393 e. The van der Waals surface area contributed by atoms with Gasteiger partial charge in [0.05, 0.1) is 11.8 Å². The van der Waals surface area contributed by atoms with E-state index in [9.17, 15) is 5.11 Å². The first-order valence-electron chi connectivity index (χ1n) is 13.0. The van der Waals surface area contributed by atoms with E-state index in [1.54, 1.807) is 0 Å². The van der Waals surface area contributed by atoms with Gasteiger partial charge in [-0.1, -0.05) is 41.7 Å². The molecular formula is C27H32N8OS. The Morgan fingerprint density at radius 2 is 1.81 bits per heavy atom. The van der Waals surface area contributed by atoms with E-state index in [1.807, 2.05) is 36.4 Å². The van der Waals surface area contributed by atoms with Crippen molar-refractivity contribution in [3.8, 4) is 0 Å². The molecule has 1 aliphatic carbocycles. The van der Waals surface area contributed by atoms with Gasteiger partial charge in [0.25, 0.3) is 0 Å². The number of nitrogens with zero attached hydrogens (tertiary/aromatic N) is 5. The van der Waals surface area contributed by atoms with Crippen molar-refractivity contribution in [3.63, 3.8) is 0 Å². The summed E-state index contributed by atoms with van der Waals surface area (Å²) in [5.41, 5.74) is 9.06. The number of rotatable bonds is 7. The molecular weight excluding hydrogens is 484 g/mol. The normalized spacial score (nSPS) is 21.9. The monoisotopic (exact) mass is 516 g/mol. The zero-order valence-corrected chi connectivity index (χ0v) is 21.5. The Kier molecular flexibility index (Phi) is 6.86. The van der Waals surface area contributed by atoms with E-state index in [4.69, 9.17) is 25.7 Å². The van der Waals surface area contributed by atoms with Crippen LogP contribution in [0, 0.1) is 0 Å². The van der Waals surface area contributed by atoms with Crippen molar-refractivity contribution >= 4 is 44.4 Å². The zero-order chi connectivity index (χ0) is 25.2. The fourth-order valence-corrected chi connectivity index (χ4v) is 5.91. The van der Waals surface area contributed by atoms with E-state index in [0.717, 1.165) is 72.2 Å². The first-order valence-corrected chi connectivity index (χ1v) is 13.8. The summed E-state index contributed by atoms with van der Waals surface area (Å²) in [6.07, 6.45) is 4.92. The third-order valence-electron chi connectivity index (χ3n) is 7.06. The lowest BCUT2D eigenvalue weighted by Crippen LogP contribution is -2.29. The average molecular weight is 517 g/mol. The quantitative estimate of drug-likeness (QED) is 0.288. The Morgan fingerprint density at radius 3 is 2.59 bits per heavy atom. The molecule has 5 N–H and O–H groups in total. The van der Waals surface area contributed by atoms with Crippen LogP contribution in [0.2, 0.25) is 0 Å². The molecule has 0 spiro atoms. The molecule has 9 nitrogen and oxygen atoms in total. The number of hydrogen-bond donors (Lipinski definition) is 4. The summed E-state index contributed by atoms with van der Waals surface area (Å²) in [6, 6.07) is 16.8. The molecule has 192 valence electrons. The summed E-state index contributed by atoms with van der Waals surface area (Å²) in [5, 5.41) is 17.5. The van der Waals surface area contributed by atoms with Crippen molar-refractivity contribution in [1.29, 1.82) is 0 Å². The summed E-state index contributed by atoms with van der Waals surface area (Å²) < 4.78 is 0. The summed E-state index contributed by atoms with van der Waals surface area (Å²) in [6.45, 7) is 1.77. The number of aliphatic hydroxyl groups excluding tert-OH is 1. The molecule has 2 aliphatic rings. The lowest BCUT2D eigenvalue weighted by Gasteiger charge is -2.26. The fourth-order valence-electron chi connectivity index (χ4n) is 5.07. The Bertz CT molecular complexity index is 1360.